The molecule has 0 fully saturated rings. The summed E-state index contributed by atoms with van der Waals surface area (Å²) in [6.07, 6.45) is 1.03. The monoisotopic (exact) mass is 430 g/mol. The Morgan fingerprint density at radius 1 is 1.26 bits per heavy atom. The van der Waals surface area contributed by atoms with Crippen LogP contribution in [0.1, 0.15) is 15.9 Å². The van der Waals surface area contributed by atoms with Crippen LogP contribution in [0.3, 0.4) is 0 Å². The molecule has 1 amide bonds. The van der Waals surface area contributed by atoms with Crippen LogP contribution in [0.4, 0.5) is 5.13 Å². The number of carbonyl (C=O) groups is 2. The Balaban J connectivity index is 1.87. The van der Waals surface area contributed by atoms with Gasteiger partial charge in [-0.3, -0.25) is 10.1 Å². The smallest absolute Gasteiger partial charge is 0.337 e. The van der Waals surface area contributed by atoms with Crippen molar-refractivity contribution in [2.24, 2.45) is 0 Å². The van der Waals surface area contributed by atoms with Gasteiger partial charge in [-0.25, -0.2) is 13.2 Å². The number of nitrogens with zero attached hydrogens (tertiary/aromatic N) is 3. The average Bonchev–Trinajstić information content (AvgIpc) is 3.06. The second kappa shape index (κ2) is 9.26. The van der Waals surface area contributed by atoms with Crippen molar-refractivity contribution in [3.63, 3.8) is 0 Å². The molecule has 0 aliphatic rings. The number of hydrogen-bond donors (Lipinski definition) is 1. The highest BCUT2D eigenvalue weighted by Gasteiger charge is 2.16. The zero-order chi connectivity index (χ0) is 20.0. The van der Waals surface area contributed by atoms with E-state index in [-0.39, 0.29) is 12.5 Å². The Hall–Kier alpha value is -2.02. The number of sulfonamides is 1. The lowest BCUT2D eigenvalue weighted by molar-refractivity contribution is -0.116. The van der Waals surface area contributed by atoms with Crippen LogP contribution in [-0.4, -0.2) is 61.8 Å². The van der Waals surface area contributed by atoms with Gasteiger partial charge in [0, 0.05) is 12.8 Å². The molecule has 1 N–H and O–H groups in total. The molecule has 27 heavy (non-hydrogen) atoms. The number of anilines is 1. The molecule has 1 aromatic carbocycles. The number of thioether (sulfide) groups is 1. The molecule has 0 bridgehead atoms. The summed E-state index contributed by atoms with van der Waals surface area (Å²) >= 11 is 2.62. The van der Waals surface area contributed by atoms with Crippen molar-refractivity contribution in [2.75, 3.05) is 32.3 Å². The van der Waals surface area contributed by atoms with Gasteiger partial charge in [-0.15, -0.1) is 10.2 Å². The van der Waals surface area contributed by atoms with Gasteiger partial charge in [-0.1, -0.05) is 35.2 Å². The molecule has 0 aliphatic heterocycles. The highest BCUT2D eigenvalue weighted by atomic mass is 32.2. The van der Waals surface area contributed by atoms with Crippen LogP contribution in [-0.2, 0) is 25.3 Å². The van der Waals surface area contributed by atoms with E-state index in [1.165, 1.54) is 37.3 Å². The van der Waals surface area contributed by atoms with Crippen LogP contribution >= 0.6 is 23.1 Å². The van der Waals surface area contributed by atoms with E-state index >= 15 is 0 Å². The van der Waals surface area contributed by atoms with Crippen LogP contribution in [0.25, 0.3) is 0 Å². The first-order chi connectivity index (χ1) is 12.7. The number of methoxy groups -OCH3 is 1. The average molecular weight is 431 g/mol. The molecule has 9 nitrogen and oxygen atoms in total. The van der Waals surface area contributed by atoms with Crippen LogP contribution in [0.5, 0.6) is 0 Å². The highest BCUT2D eigenvalue weighted by Crippen LogP contribution is 2.28. The Morgan fingerprint density at radius 2 is 1.93 bits per heavy atom. The number of likely N-dealkylation sites (N-methyl/N-ethyl adjacent to an activating group) is 1. The molecular weight excluding hydrogens is 412 g/mol. The molecule has 1 heterocycles. The number of esters is 1. The van der Waals surface area contributed by atoms with E-state index in [1.807, 2.05) is 12.1 Å². The van der Waals surface area contributed by atoms with Gasteiger partial charge in [0.15, 0.2) is 4.34 Å². The van der Waals surface area contributed by atoms with Gasteiger partial charge in [-0.2, -0.15) is 4.31 Å². The Morgan fingerprint density at radius 3 is 2.52 bits per heavy atom. The van der Waals surface area contributed by atoms with Crippen LogP contribution < -0.4 is 5.32 Å². The number of nitrogens with one attached hydrogen (secondary N) is 1. The molecule has 146 valence electrons. The molecule has 2 rings (SSSR count). The van der Waals surface area contributed by atoms with Gasteiger partial charge in [-0.05, 0) is 17.7 Å². The van der Waals surface area contributed by atoms with E-state index in [1.54, 1.807) is 12.1 Å². The summed E-state index contributed by atoms with van der Waals surface area (Å²) in [5.41, 5.74) is 1.47. The first-order valence-electron chi connectivity index (χ1n) is 7.53. The van der Waals surface area contributed by atoms with Crippen molar-refractivity contribution >= 4 is 50.1 Å². The number of benzene rings is 1. The summed E-state index contributed by atoms with van der Waals surface area (Å²) in [4.78, 5) is 23.2. The molecule has 0 aliphatic carbocycles. The standard InChI is InChI=1S/C15H18N4O5S3/c1-19(27(3,22)23)8-12(20)16-14-17-18-15(26-14)25-9-10-4-6-11(7-5-10)13(21)24-2/h4-7H,8-9H2,1-3H3,(H,16,17,20). The fraction of sp³-hybridized carbons (Fsp3) is 0.333. The summed E-state index contributed by atoms with van der Waals surface area (Å²) in [6.45, 7) is -0.298. The molecule has 12 heteroatoms. The molecule has 0 saturated carbocycles. The highest BCUT2D eigenvalue weighted by molar-refractivity contribution is 8.00. The third-order valence-corrected chi connectivity index (χ3v) is 6.63. The predicted molar refractivity (Wildman–Crippen MR) is 103 cm³/mol. The second-order valence-electron chi connectivity index (χ2n) is 5.42. The van der Waals surface area contributed by atoms with Gasteiger partial charge in [0.1, 0.15) is 0 Å². The van der Waals surface area contributed by atoms with Gasteiger partial charge in [0.25, 0.3) is 0 Å². The van der Waals surface area contributed by atoms with Crippen molar-refractivity contribution in [2.45, 2.75) is 10.1 Å². The van der Waals surface area contributed by atoms with Crippen molar-refractivity contribution in [1.82, 2.24) is 14.5 Å². The van der Waals surface area contributed by atoms with E-state index in [4.69, 9.17) is 0 Å². The topological polar surface area (TPSA) is 119 Å². The van der Waals surface area contributed by atoms with Crippen molar-refractivity contribution in [3.8, 4) is 0 Å². The van der Waals surface area contributed by atoms with Gasteiger partial charge in [0.2, 0.25) is 21.1 Å². The van der Waals surface area contributed by atoms with Gasteiger partial charge < -0.3 is 4.74 Å². The summed E-state index contributed by atoms with van der Waals surface area (Å²) in [7, 11) is -0.776. The van der Waals surface area contributed by atoms with Crippen LogP contribution in [0.15, 0.2) is 28.6 Å². The van der Waals surface area contributed by atoms with Gasteiger partial charge in [0.05, 0.1) is 25.5 Å². The summed E-state index contributed by atoms with van der Waals surface area (Å²) < 4.78 is 28.9. The fourth-order valence-corrected chi connectivity index (χ4v) is 3.87. The first-order valence-corrected chi connectivity index (χ1v) is 11.2. The normalized spacial score (nSPS) is 11.4. The number of hydrogen-bond acceptors (Lipinski definition) is 9. The summed E-state index contributed by atoms with van der Waals surface area (Å²) in [6, 6.07) is 7.02. The molecule has 1 aromatic heterocycles. The van der Waals surface area contributed by atoms with Crippen molar-refractivity contribution in [1.29, 1.82) is 0 Å². The third-order valence-electron chi connectivity index (χ3n) is 3.32. The van der Waals surface area contributed by atoms with E-state index in [9.17, 15) is 18.0 Å². The first kappa shape index (κ1) is 21.3. The number of amides is 1. The maximum atomic E-state index is 11.8. The lowest BCUT2D eigenvalue weighted by Gasteiger charge is -2.12. The Kier molecular flexibility index (Phi) is 7.30. The largest absolute Gasteiger partial charge is 0.465 e. The SMILES string of the molecule is COC(=O)c1ccc(CSc2nnc(NC(=O)CN(C)S(C)(=O)=O)s2)cc1. The van der Waals surface area contributed by atoms with E-state index in [2.05, 4.69) is 20.3 Å². The molecule has 0 unspecified atom stereocenters. The minimum absolute atomic E-state index is 0.297. The number of ether oxygens (including phenoxy) is 1. The van der Waals surface area contributed by atoms with E-state index in [0.717, 1.165) is 16.1 Å². The molecule has 0 atom stereocenters. The molecular formula is C15H18N4O5S3. The summed E-state index contributed by atoms with van der Waals surface area (Å²) in [5.74, 6) is -0.268. The lowest BCUT2D eigenvalue weighted by atomic mass is 10.1. The quantitative estimate of drug-likeness (QED) is 0.380. The van der Waals surface area contributed by atoms with Crippen molar-refractivity contribution in [3.05, 3.63) is 35.4 Å². The van der Waals surface area contributed by atoms with Crippen LogP contribution in [0, 0.1) is 0 Å². The molecule has 2 aromatic rings. The maximum absolute atomic E-state index is 11.8. The number of rotatable bonds is 8. The van der Waals surface area contributed by atoms with Gasteiger partial charge >= 0.3 is 5.97 Å². The second-order valence-corrected chi connectivity index (χ2v) is 9.71. The molecule has 0 spiro atoms. The molecule has 0 saturated heterocycles. The third kappa shape index (κ3) is 6.57. The summed E-state index contributed by atoms with van der Waals surface area (Å²) in [5, 5.41) is 10.7. The molecule has 0 radical (unpaired) electrons. The predicted octanol–water partition coefficient (Wildman–Crippen LogP) is 1.45. The number of carbonyl (C=O) groups excluding carboxylic acids is 2. The minimum Gasteiger partial charge on any atom is -0.465 e. The van der Waals surface area contributed by atoms with Crippen LogP contribution in [0.2, 0.25) is 0 Å². The Labute approximate surface area is 165 Å². The van der Waals surface area contributed by atoms with Crippen molar-refractivity contribution < 1.29 is 22.7 Å². The number of aromatic nitrogens is 2. The van der Waals surface area contributed by atoms with E-state index in [0.29, 0.717) is 20.8 Å². The minimum atomic E-state index is -3.43. The Bertz CT molecular complexity index is 912. The zero-order valence-corrected chi connectivity index (χ0v) is 17.3. The zero-order valence-electron chi connectivity index (χ0n) is 14.8. The lowest BCUT2D eigenvalue weighted by Crippen LogP contribution is -2.34. The van der Waals surface area contributed by atoms with E-state index < -0.39 is 15.9 Å². The maximum Gasteiger partial charge on any atom is 0.337 e. The fourth-order valence-electron chi connectivity index (χ4n) is 1.80.